The van der Waals surface area contributed by atoms with Gasteiger partial charge in [-0.1, -0.05) is 12.1 Å². The second-order valence-corrected chi connectivity index (χ2v) is 4.72. The normalized spacial score (nSPS) is 18.6. The van der Waals surface area contributed by atoms with Crippen molar-refractivity contribution in [3.63, 3.8) is 0 Å². The maximum atomic E-state index is 12.1. The van der Waals surface area contributed by atoms with Crippen molar-refractivity contribution < 1.29 is 9.53 Å². The number of hydrogen-bond donors (Lipinski definition) is 1. The fraction of sp³-hybridized carbons (Fsp3) is 0.500. The van der Waals surface area contributed by atoms with E-state index in [0.29, 0.717) is 12.5 Å². The van der Waals surface area contributed by atoms with Crippen LogP contribution in [0.1, 0.15) is 12.5 Å². The number of ether oxygens (including phenoxy) is 1. The molecule has 1 aromatic rings. The molecule has 0 saturated carbocycles. The molecule has 1 aromatic carbocycles. The number of benzene rings is 1. The Bertz CT molecular complexity index is 408. The summed E-state index contributed by atoms with van der Waals surface area (Å²) in [7, 11) is 1.64. The van der Waals surface area contributed by atoms with Crippen LogP contribution in [0.5, 0.6) is 5.75 Å². The van der Waals surface area contributed by atoms with Gasteiger partial charge in [-0.3, -0.25) is 4.79 Å². The number of carbonyl (C=O) groups excluding carboxylic acids is 1. The lowest BCUT2D eigenvalue weighted by Gasteiger charge is -2.32. The molecule has 0 aromatic heterocycles. The van der Waals surface area contributed by atoms with Crippen molar-refractivity contribution in [1.29, 1.82) is 0 Å². The van der Waals surface area contributed by atoms with Crippen LogP contribution in [0.25, 0.3) is 0 Å². The minimum absolute atomic E-state index is 0. The average molecular weight is 285 g/mol. The fourth-order valence-electron chi connectivity index (χ4n) is 2.19. The number of rotatable bonds is 3. The zero-order valence-corrected chi connectivity index (χ0v) is 12.2. The SMILES string of the molecule is COc1ccc(CC(=O)N2CCN[C@@H](C)C2)cc1.Cl. The summed E-state index contributed by atoms with van der Waals surface area (Å²) < 4.78 is 5.10. The average Bonchev–Trinajstić information content (AvgIpc) is 2.39. The molecule has 1 fully saturated rings. The van der Waals surface area contributed by atoms with Crippen molar-refractivity contribution in [3.8, 4) is 5.75 Å². The Morgan fingerprint density at radius 2 is 2.11 bits per heavy atom. The first-order valence-electron chi connectivity index (χ1n) is 6.33. The predicted octanol–water partition coefficient (Wildman–Crippen LogP) is 1.48. The van der Waals surface area contributed by atoms with Crippen LogP contribution in [0, 0.1) is 0 Å². The molecule has 1 aliphatic rings. The van der Waals surface area contributed by atoms with Crippen LogP contribution in [-0.4, -0.2) is 43.6 Å². The molecular formula is C14H21ClN2O2. The Morgan fingerprint density at radius 1 is 1.42 bits per heavy atom. The molecule has 0 bridgehead atoms. The zero-order valence-electron chi connectivity index (χ0n) is 11.4. The third-order valence-corrected chi connectivity index (χ3v) is 3.24. The second kappa shape index (κ2) is 7.36. The summed E-state index contributed by atoms with van der Waals surface area (Å²) in [4.78, 5) is 14.1. The van der Waals surface area contributed by atoms with E-state index < -0.39 is 0 Å². The maximum absolute atomic E-state index is 12.1. The number of amides is 1. The molecular weight excluding hydrogens is 264 g/mol. The van der Waals surface area contributed by atoms with Gasteiger partial charge in [0.2, 0.25) is 5.91 Å². The molecule has 1 heterocycles. The number of piperazine rings is 1. The molecule has 1 amide bonds. The van der Waals surface area contributed by atoms with Gasteiger partial charge in [-0.05, 0) is 24.6 Å². The molecule has 1 saturated heterocycles. The molecule has 0 unspecified atom stereocenters. The summed E-state index contributed by atoms with van der Waals surface area (Å²) in [6.45, 7) is 4.59. The minimum Gasteiger partial charge on any atom is -0.497 e. The van der Waals surface area contributed by atoms with Gasteiger partial charge in [0.05, 0.1) is 13.5 Å². The molecule has 4 nitrogen and oxygen atoms in total. The third-order valence-electron chi connectivity index (χ3n) is 3.24. The first kappa shape index (κ1) is 15.8. The van der Waals surface area contributed by atoms with Crippen molar-refractivity contribution in [1.82, 2.24) is 10.2 Å². The highest BCUT2D eigenvalue weighted by molar-refractivity contribution is 5.85. The lowest BCUT2D eigenvalue weighted by molar-refractivity contribution is -0.131. The maximum Gasteiger partial charge on any atom is 0.227 e. The van der Waals surface area contributed by atoms with Gasteiger partial charge in [0, 0.05) is 25.7 Å². The van der Waals surface area contributed by atoms with Gasteiger partial charge >= 0.3 is 0 Å². The van der Waals surface area contributed by atoms with Crippen LogP contribution in [0.4, 0.5) is 0 Å². The highest BCUT2D eigenvalue weighted by atomic mass is 35.5. The summed E-state index contributed by atoms with van der Waals surface area (Å²) in [5.41, 5.74) is 1.03. The first-order valence-corrected chi connectivity index (χ1v) is 6.33. The van der Waals surface area contributed by atoms with Crippen LogP contribution < -0.4 is 10.1 Å². The van der Waals surface area contributed by atoms with E-state index in [9.17, 15) is 4.79 Å². The summed E-state index contributed by atoms with van der Waals surface area (Å²) >= 11 is 0. The van der Waals surface area contributed by atoms with Crippen molar-refractivity contribution in [2.45, 2.75) is 19.4 Å². The van der Waals surface area contributed by atoms with Gasteiger partial charge in [-0.15, -0.1) is 12.4 Å². The van der Waals surface area contributed by atoms with E-state index in [1.165, 1.54) is 0 Å². The van der Waals surface area contributed by atoms with Crippen LogP contribution in [0.15, 0.2) is 24.3 Å². The molecule has 1 atom stereocenters. The van der Waals surface area contributed by atoms with Crippen molar-refractivity contribution in [2.75, 3.05) is 26.7 Å². The molecule has 0 spiro atoms. The predicted molar refractivity (Wildman–Crippen MR) is 78.0 cm³/mol. The summed E-state index contributed by atoms with van der Waals surface area (Å²) in [6.07, 6.45) is 0.469. The molecule has 0 radical (unpaired) electrons. The van der Waals surface area contributed by atoms with Gasteiger partial charge in [-0.2, -0.15) is 0 Å². The number of nitrogens with one attached hydrogen (secondary N) is 1. The Kier molecular flexibility index (Phi) is 6.12. The van der Waals surface area contributed by atoms with E-state index in [0.717, 1.165) is 30.9 Å². The van der Waals surface area contributed by atoms with Crippen LogP contribution in [0.2, 0.25) is 0 Å². The van der Waals surface area contributed by atoms with Gasteiger partial charge < -0.3 is 15.0 Å². The van der Waals surface area contributed by atoms with E-state index in [-0.39, 0.29) is 18.3 Å². The lowest BCUT2D eigenvalue weighted by atomic mass is 10.1. The van der Waals surface area contributed by atoms with Crippen LogP contribution in [-0.2, 0) is 11.2 Å². The smallest absolute Gasteiger partial charge is 0.227 e. The standard InChI is InChI=1S/C14H20N2O2.ClH/c1-11-10-16(8-7-15-11)14(17)9-12-3-5-13(18-2)6-4-12;/h3-6,11,15H,7-10H2,1-2H3;1H/t11-;/m0./s1. The number of carbonyl (C=O) groups is 1. The molecule has 1 N–H and O–H groups in total. The van der Waals surface area contributed by atoms with Gasteiger partial charge in [0.25, 0.3) is 0 Å². The van der Waals surface area contributed by atoms with Gasteiger partial charge in [0.15, 0.2) is 0 Å². The summed E-state index contributed by atoms with van der Waals surface area (Å²) in [5.74, 6) is 1.02. The number of nitrogens with zero attached hydrogens (tertiary/aromatic N) is 1. The highest BCUT2D eigenvalue weighted by Gasteiger charge is 2.20. The third kappa shape index (κ3) is 4.40. The van der Waals surface area contributed by atoms with Crippen molar-refractivity contribution in [2.24, 2.45) is 0 Å². The Hall–Kier alpha value is -1.26. The number of methoxy groups -OCH3 is 1. The fourth-order valence-corrected chi connectivity index (χ4v) is 2.19. The monoisotopic (exact) mass is 284 g/mol. The highest BCUT2D eigenvalue weighted by Crippen LogP contribution is 2.12. The van der Waals surface area contributed by atoms with Crippen molar-refractivity contribution >= 4 is 18.3 Å². The Labute approximate surface area is 120 Å². The van der Waals surface area contributed by atoms with Gasteiger partial charge in [0.1, 0.15) is 5.75 Å². The molecule has 19 heavy (non-hydrogen) atoms. The number of halogens is 1. The van der Waals surface area contributed by atoms with E-state index >= 15 is 0 Å². The quantitative estimate of drug-likeness (QED) is 0.914. The molecule has 0 aliphatic carbocycles. The lowest BCUT2D eigenvalue weighted by Crippen LogP contribution is -2.51. The molecule has 1 aliphatic heterocycles. The van der Waals surface area contributed by atoms with E-state index in [2.05, 4.69) is 12.2 Å². The Morgan fingerprint density at radius 3 is 2.68 bits per heavy atom. The van der Waals surface area contributed by atoms with E-state index in [1.54, 1.807) is 7.11 Å². The summed E-state index contributed by atoms with van der Waals surface area (Å²) in [6, 6.07) is 8.06. The number of hydrogen-bond acceptors (Lipinski definition) is 3. The molecule has 106 valence electrons. The largest absolute Gasteiger partial charge is 0.497 e. The topological polar surface area (TPSA) is 41.6 Å². The van der Waals surface area contributed by atoms with E-state index in [4.69, 9.17) is 4.74 Å². The van der Waals surface area contributed by atoms with Gasteiger partial charge in [-0.25, -0.2) is 0 Å². The first-order chi connectivity index (χ1) is 8.69. The zero-order chi connectivity index (χ0) is 13.0. The van der Waals surface area contributed by atoms with E-state index in [1.807, 2.05) is 29.2 Å². The van der Waals surface area contributed by atoms with Crippen molar-refractivity contribution in [3.05, 3.63) is 29.8 Å². The molecule has 2 rings (SSSR count). The second-order valence-electron chi connectivity index (χ2n) is 4.72. The van der Waals surface area contributed by atoms with Crippen LogP contribution in [0.3, 0.4) is 0 Å². The molecule has 5 heteroatoms. The summed E-state index contributed by atoms with van der Waals surface area (Å²) in [5, 5.41) is 3.34. The Balaban J connectivity index is 0.00000180. The minimum atomic E-state index is 0. The van der Waals surface area contributed by atoms with Crippen LogP contribution >= 0.6 is 12.4 Å².